The van der Waals surface area contributed by atoms with Gasteiger partial charge in [-0.2, -0.15) is 0 Å². The van der Waals surface area contributed by atoms with Crippen LogP contribution in [-0.4, -0.2) is 24.3 Å². The van der Waals surface area contributed by atoms with E-state index in [4.69, 9.17) is 4.74 Å². The predicted octanol–water partition coefficient (Wildman–Crippen LogP) is 3.89. The fourth-order valence-electron chi connectivity index (χ4n) is 5.41. The van der Waals surface area contributed by atoms with Crippen LogP contribution in [0.4, 0.5) is 0 Å². The lowest BCUT2D eigenvalue weighted by Gasteiger charge is -2.40. The minimum absolute atomic E-state index is 0.132. The van der Waals surface area contributed by atoms with Crippen LogP contribution >= 0.6 is 0 Å². The molecule has 1 aliphatic heterocycles. The van der Waals surface area contributed by atoms with Gasteiger partial charge in [-0.15, -0.1) is 0 Å². The topological polar surface area (TPSA) is 21.3 Å². The van der Waals surface area contributed by atoms with Gasteiger partial charge in [0.05, 0.1) is 11.7 Å². The minimum atomic E-state index is 0.132. The Morgan fingerprint density at radius 1 is 1.10 bits per heavy atom. The maximum atomic E-state index is 6.34. The molecule has 3 saturated carbocycles. The summed E-state index contributed by atoms with van der Waals surface area (Å²) in [6.07, 6.45) is 13.2. The molecular formula is C18H31NO. The molecule has 114 valence electrons. The van der Waals surface area contributed by atoms with Gasteiger partial charge in [-0.25, -0.2) is 0 Å². The minimum Gasteiger partial charge on any atom is -0.372 e. The Morgan fingerprint density at radius 2 is 1.95 bits per heavy atom. The summed E-state index contributed by atoms with van der Waals surface area (Å²) in [5.74, 6) is 2.03. The van der Waals surface area contributed by atoms with Crippen molar-refractivity contribution in [3.05, 3.63) is 0 Å². The molecule has 1 saturated heterocycles. The van der Waals surface area contributed by atoms with Crippen LogP contribution in [0.25, 0.3) is 0 Å². The van der Waals surface area contributed by atoms with E-state index in [1.807, 2.05) is 0 Å². The summed E-state index contributed by atoms with van der Waals surface area (Å²) in [7, 11) is 0. The van der Waals surface area contributed by atoms with Crippen LogP contribution in [-0.2, 0) is 4.74 Å². The van der Waals surface area contributed by atoms with Crippen LogP contribution in [0.3, 0.4) is 0 Å². The average Bonchev–Trinajstić information content (AvgIpc) is 2.87. The highest BCUT2D eigenvalue weighted by Gasteiger charge is 2.52. The Morgan fingerprint density at radius 3 is 2.50 bits per heavy atom. The molecular weight excluding hydrogens is 246 g/mol. The van der Waals surface area contributed by atoms with Crippen molar-refractivity contribution in [3.8, 4) is 0 Å². The van der Waals surface area contributed by atoms with Crippen molar-refractivity contribution in [1.82, 2.24) is 5.32 Å². The van der Waals surface area contributed by atoms with Crippen molar-refractivity contribution in [2.45, 2.75) is 89.4 Å². The molecule has 1 heterocycles. The van der Waals surface area contributed by atoms with Gasteiger partial charge >= 0.3 is 0 Å². The second kappa shape index (κ2) is 4.71. The molecule has 0 aromatic rings. The first-order valence-corrected chi connectivity index (χ1v) is 8.96. The number of nitrogens with one attached hydrogen (secondary N) is 1. The SMILES string of the molecule is CC1(C)CCC(CC2(CNC3CC3)CC3CCC2C3)O1. The second-order valence-corrected chi connectivity index (χ2v) is 8.84. The monoisotopic (exact) mass is 277 g/mol. The molecule has 2 heteroatoms. The molecule has 2 nitrogen and oxygen atoms in total. The largest absolute Gasteiger partial charge is 0.372 e. The molecule has 4 rings (SSSR count). The van der Waals surface area contributed by atoms with Crippen molar-refractivity contribution < 1.29 is 4.74 Å². The van der Waals surface area contributed by atoms with E-state index in [-0.39, 0.29) is 5.60 Å². The maximum Gasteiger partial charge on any atom is 0.0631 e. The molecule has 1 N–H and O–H groups in total. The summed E-state index contributed by atoms with van der Waals surface area (Å²) in [6.45, 7) is 5.81. The molecule has 4 aliphatic rings. The van der Waals surface area contributed by atoms with Gasteiger partial charge in [0, 0.05) is 12.6 Å². The molecule has 20 heavy (non-hydrogen) atoms. The number of rotatable bonds is 5. The number of hydrogen-bond donors (Lipinski definition) is 1. The smallest absolute Gasteiger partial charge is 0.0631 e. The zero-order valence-corrected chi connectivity index (χ0v) is 13.3. The molecule has 0 amide bonds. The number of hydrogen-bond acceptors (Lipinski definition) is 2. The third-order valence-electron chi connectivity index (χ3n) is 6.61. The van der Waals surface area contributed by atoms with Crippen LogP contribution in [0.15, 0.2) is 0 Å². The Labute approximate surface area is 124 Å². The van der Waals surface area contributed by atoms with Crippen LogP contribution in [0, 0.1) is 17.3 Å². The standard InChI is InChI=1S/C18H31NO/c1-17(2)8-7-16(20-17)11-18(12-19-15-5-6-15)10-13-3-4-14(18)9-13/h13-16,19H,3-12H2,1-2H3. The van der Waals surface area contributed by atoms with E-state index >= 15 is 0 Å². The highest BCUT2D eigenvalue weighted by atomic mass is 16.5. The fourth-order valence-corrected chi connectivity index (χ4v) is 5.41. The number of ether oxygens (including phenoxy) is 1. The lowest BCUT2D eigenvalue weighted by atomic mass is 9.69. The maximum absolute atomic E-state index is 6.34. The fraction of sp³-hybridized carbons (Fsp3) is 1.00. The zero-order chi connectivity index (χ0) is 13.8. The van der Waals surface area contributed by atoms with Gasteiger partial charge in [0.15, 0.2) is 0 Å². The lowest BCUT2D eigenvalue weighted by Crippen LogP contribution is -2.42. The van der Waals surface area contributed by atoms with Crippen LogP contribution in [0.5, 0.6) is 0 Å². The van der Waals surface area contributed by atoms with Crippen molar-refractivity contribution in [1.29, 1.82) is 0 Å². The van der Waals surface area contributed by atoms with Crippen molar-refractivity contribution in [2.75, 3.05) is 6.54 Å². The molecule has 2 bridgehead atoms. The van der Waals surface area contributed by atoms with Gasteiger partial charge in [0.25, 0.3) is 0 Å². The molecule has 0 aromatic heterocycles. The van der Waals surface area contributed by atoms with Gasteiger partial charge < -0.3 is 10.1 Å². The van der Waals surface area contributed by atoms with Gasteiger partial charge in [0.1, 0.15) is 0 Å². The molecule has 4 fully saturated rings. The predicted molar refractivity (Wildman–Crippen MR) is 81.7 cm³/mol. The normalized spacial score (nSPS) is 46.2. The van der Waals surface area contributed by atoms with Crippen LogP contribution < -0.4 is 5.32 Å². The van der Waals surface area contributed by atoms with Crippen molar-refractivity contribution >= 4 is 0 Å². The average molecular weight is 277 g/mol. The summed E-state index contributed by atoms with van der Waals surface area (Å²) in [5, 5.41) is 3.86. The van der Waals surface area contributed by atoms with E-state index in [0.29, 0.717) is 11.5 Å². The van der Waals surface area contributed by atoms with Crippen LogP contribution in [0.1, 0.15) is 71.6 Å². The van der Waals surface area contributed by atoms with E-state index < -0.39 is 0 Å². The van der Waals surface area contributed by atoms with Gasteiger partial charge in [-0.05, 0) is 82.5 Å². The van der Waals surface area contributed by atoms with E-state index in [9.17, 15) is 0 Å². The quantitative estimate of drug-likeness (QED) is 0.823. The summed E-state index contributed by atoms with van der Waals surface area (Å²) in [5.41, 5.74) is 0.712. The highest BCUT2D eigenvalue weighted by Crippen LogP contribution is 2.58. The van der Waals surface area contributed by atoms with Crippen molar-refractivity contribution in [3.63, 3.8) is 0 Å². The first-order chi connectivity index (χ1) is 9.55. The van der Waals surface area contributed by atoms with Gasteiger partial charge in [-0.3, -0.25) is 0 Å². The first kappa shape index (κ1) is 13.6. The Kier molecular flexibility index (Phi) is 3.20. The number of fused-ring (bicyclic) bond motifs is 2. The summed E-state index contributed by atoms with van der Waals surface area (Å²) < 4.78 is 6.34. The summed E-state index contributed by atoms with van der Waals surface area (Å²) in [6, 6.07) is 0.854. The van der Waals surface area contributed by atoms with Gasteiger partial charge in [0.2, 0.25) is 0 Å². The Balaban J connectivity index is 1.44. The summed E-state index contributed by atoms with van der Waals surface area (Å²) >= 11 is 0. The second-order valence-electron chi connectivity index (χ2n) is 8.84. The molecule has 4 unspecified atom stereocenters. The van der Waals surface area contributed by atoms with Crippen molar-refractivity contribution in [2.24, 2.45) is 17.3 Å². The van der Waals surface area contributed by atoms with Crippen LogP contribution in [0.2, 0.25) is 0 Å². The Bertz CT molecular complexity index is 376. The molecule has 0 spiro atoms. The Hall–Kier alpha value is -0.0800. The van der Waals surface area contributed by atoms with E-state index in [0.717, 1.165) is 17.9 Å². The zero-order valence-electron chi connectivity index (χ0n) is 13.3. The molecule has 0 radical (unpaired) electrons. The van der Waals surface area contributed by atoms with Gasteiger partial charge in [-0.1, -0.05) is 6.42 Å². The van der Waals surface area contributed by atoms with E-state index in [1.54, 1.807) is 0 Å². The molecule has 0 aromatic carbocycles. The highest BCUT2D eigenvalue weighted by molar-refractivity contribution is 5.04. The first-order valence-electron chi connectivity index (χ1n) is 8.96. The van der Waals surface area contributed by atoms with E-state index in [1.165, 1.54) is 64.3 Å². The lowest BCUT2D eigenvalue weighted by molar-refractivity contribution is -0.0442. The van der Waals surface area contributed by atoms with E-state index in [2.05, 4.69) is 19.2 Å². The third-order valence-corrected chi connectivity index (χ3v) is 6.61. The molecule has 3 aliphatic carbocycles. The third kappa shape index (κ3) is 2.54. The molecule has 4 atom stereocenters. The summed E-state index contributed by atoms with van der Waals surface area (Å²) in [4.78, 5) is 0.